The van der Waals surface area contributed by atoms with Crippen LogP contribution in [0.25, 0.3) is 4.96 Å². The highest BCUT2D eigenvalue weighted by Crippen LogP contribution is 2.18. The standard InChI is InChI=1S/C13H18N4O3S/c1-4-9-7-10(18)17-13(15-9)21-12(16-17)14-8(3)6-11(19)20-5-2/h7-8H,4-6H2,1-3H3,(H,14,16). The Labute approximate surface area is 126 Å². The lowest BCUT2D eigenvalue weighted by Crippen LogP contribution is -2.21. The van der Waals surface area contributed by atoms with E-state index in [4.69, 9.17) is 4.74 Å². The molecule has 1 atom stereocenters. The number of nitrogens with zero attached hydrogens (tertiary/aromatic N) is 3. The molecular weight excluding hydrogens is 292 g/mol. The number of carbonyl (C=O) groups excluding carboxylic acids is 1. The second-order valence-corrected chi connectivity index (χ2v) is 5.55. The van der Waals surface area contributed by atoms with Crippen LogP contribution in [-0.2, 0) is 16.0 Å². The number of hydrogen-bond donors (Lipinski definition) is 1. The summed E-state index contributed by atoms with van der Waals surface area (Å²) >= 11 is 1.29. The Balaban J connectivity index is 2.14. The van der Waals surface area contributed by atoms with Crippen LogP contribution >= 0.6 is 11.3 Å². The monoisotopic (exact) mass is 310 g/mol. The van der Waals surface area contributed by atoms with Crippen LogP contribution in [0.4, 0.5) is 5.13 Å². The first-order valence-corrected chi connectivity index (χ1v) is 7.67. The van der Waals surface area contributed by atoms with Gasteiger partial charge < -0.3 is 10.1 Å². The van der Waals surface area contributed by atoms with E-state index in [1.807, 2.05) is 13.8 Å². The Morgan fingerprint density at radius 3 is 2.95 bits per heavy atom. The van der Waals surface area contributed by atoms with Gasteiger partial charge in [-0.25, -0.2) is 4.98 Å². The fourth-order valence-corrected chi connectivity index (χ4v) is 2.76. The van der Waals surface area contributed by atoms with Crippen molar-refractivity contribution in [3.8, 4) is 0 Å². The van der Waals surface area contributed by atoms with Crippen molar-refractivity contribution in [2.45, 2.75) is 39.7 Å². The van der Waals surface area contributed by atoms with Crippen LogP contribution in [0.3, 0.4) is 0 Å². The molecule has 0 saturated carbocycles. The first kappa shape index (κ1) is 15.4. The molecular formula is C13H18N4O3S. The predicted octanol–water partition coefficient (Wildman–Crippen LogP) is 1.47. The molecule has 7 nitrogen and oxygen atoms in total. The van der Waals surface area contributed by atoms with Crippen LogP contribution < -0.4 is 10.9 Å². The molecule has 2 rings (SSSR count). The van der Waals surface area contributed by atoms with E-state index >= 15 is 0 Å². The van der Waals surface area contributed by atoms with E-state index in [1.54, 1.807) is 6.92 Å². The van der Waals surface area contributed by atoms with Crippen molar-refractivity contribution >= 4 is 27.4 Å². The summed E-state index contributed by atoms with van der Waals surface area (Å²) in [6, 6.07) is 1.35. The highest BCUT2D eigenvalue weighted by atomic mass is 32.1. The minimum Gasteiger partial charge on any atom is -0.466 e. The molecule has 1 unspecified atom stereocenters. The molecule has 0 bridgehead atoms. The Morgan fingerprint density at radius 2 is 2.29 bits per heavy atom. The highest BCUT2D eigenvalue weighted by Gasteiger charge is 2.13. The van der Waals surface area contributed by atoms with Gasteiger partial charge in [0.05, 0.1) is 13.0 Å². The van der Waals surface area contributed by atoms with Gasteiger partial charge in [-0.1, -0.05) is 18.3 Å². The molecule has 0 radical (unpaired) electrons. The second kappa shape index (κ2) is 6.66. The first-order valence-electron chi connectivity index (χ1n) is 6.85. The first-order chi connectivity index (χ1) is 10.0. The SMILES string of the molecule is CCOC(=O)CC(C)Nc1nn2c(=O)cc(CC)nc2s1. The number of fused-ring (bicyclic) bond motifs is 1. The van der Waals surface area contributed by atoms with Crippen molar-refractivity contribution in [3.63, 3.8) is 0 Å². The summed E-state index contributed by atoms with van der Waals surface area (Å²) in [5.41, 5.74) is 0.550. The molecule has 0 amide bonds. The Kier molecular flexibility index (Phi) is 4.89. The van der Waals surface area contributed by atoms with Gasteiger partial charge in [0.2, 0.25) is 10.1 Å². The van der Waals surface area contributed by atoms with Gasteiger partial charge >= 0.3 is 5.97 Å². The summed E-state index contributed by atoms with van der Waals surface area (Å²) in [7, 11) is 0. The smallest absolute Gasteiger partial charge is 0.307 e. The zero-order valence-electron chi connectivity index (χ0n) is 12.3. The third-order valence-electron chi connectivity index (χ3n) is 2.81. The fourth-order valence-electron chi connectivity index (χ4n) is 1.83. The van der Waals surface area contributed by atoms with Gasteiger partial charge in [-0.05, 0) is 20.3 Å². The van der Waals surface area contributed by atoms with Gasteiger partial charge in [-0.15, -0.1) is 5.10 Å². The number of hydrogen-bond acceptors (Lipinski definition) is 7. The summed E-state index contributed by atoms with van der Waals surface area (Å²) in [4.78, 5) is 28.2. The van der Waals surface area contributed by atoms with Crippen LogP contribution in [0.1, 0.15) is 32.9 Å². The summed E-state index contributed by atoms with van der Waals surface area (Å²) < 4.78 is 6.16. The van der Waals surface area contributed by atoms with Crippen molar-refractivity contribution in [1.29, 1.82) is 0 Å². The number of ether oxygens (including phenoxy) is 1. The largest absolute Gasteiger partial charge is 0.466 e. The van der Waals surface area contributed by atoms with E-state index in [0.29, 0.717) is 23.1 Å². The Hall–Kier alpha value is -1.96. The molecule has 2 aromatic rings. The zero-order chi connectivity index (χ0) is 15.4. The highest BCUT2D eigenvalue weighted by molar-refractivity contribution is 7.20. The molecule has 8 heteroatoms. The molecule has 114 valence electrons. The molecule has 0 saturated heterocycles. The fraction of sp³-hybridized carbons (Fsp3) is 0.538. The normalized spacial score (nSPS) is 12.3. The predicted molar refractivity (Wildman–Crippen MR) is 80.8 cm³/mol. The van der Waals surface area contributed by atoms with Crippen molar-refractivity contribution in [1.82, 2.24) is 14.6 Å². The molecule has 0 aliphatic heterocycles. The molecule has 0 aliphatic carbocycles. The number of anilines is 1. The van der Waals surface area contributed by atoms with Gasteiger partial charge in [0.25, 0.3) is 5.56 Å². The number of aryl methyl sites for hydroxylation is 1. The lowest BCUT2D eigenvalue weighted by Gasteiger charge is -2.10. The van der Waals surface area contributed by atoms with E-state index in [2.05, 4.69) is 15.4 Å². The molecule has 0 aliphatic rings. The molecule has 0 aromatic carbocycles. The Morgan fingerprint density at radius 1 is 1.52 bits per heavy atom. The lowest BCUT2D eigenvalue weighted by atomic mass is 10.2. The number of rotatable bonds is 6. The Bertz CT molecular complexity index is 694. The van der Waals surface area contributed by atoms with E-state index in [9.17, 15) is 9.59 Å². The molecule has 2 aromatic heterocycles. The van der Waals surface area contributed by atoms with Crippen molar-refractivity contribution in [2.24, 2.45) is 0 Å². The van der Waals surface area contributed by atoms with E-state index < -0.39 is 0 Å². The lowest BCUT2D eigenvalue weighted by molar-refractivity contribution is -0.143. The van der Waals surface area contributed by atoms with Crippen molar-refractivity contribution in [2.75, 3.05) is 11.9 Å². The molecule has 0 fully saturated rings. The summed E-state index contributed by atoms with van der Waals surface area (Å²) in [5.74, 6) is -0.262. The topological polar surface area (TPSA) is 85.6 Å². The van der Waals surface area contributed by atoms with E-state index in [1.165, 1.54) is 21.9 Å². The maximum absolute atomic E-state index is 11.9. The quantitative estimate of drug-likeness (QED) is 0.813. The van der Waals surface area contributed by atoms with Crippen LogP contribution in [-0.4, -0.2) is 33.2 Å². The van der Waals surface area contributed by atoms with Gasteiger partial charge in [0, 0.05) is 17.8 Å². The number of nitrogens with one attached hydrogen (secondary N) is 1. The molecule has 1 N–H and O–H groups in total. The second-order valence-electron chi connectivity index (χ2n) is 4.60. The zero-order valence-corrected chi connectivity index (χ0v) is 13.1. The third-order valence-corrected chi connectivity index (χ3v) is 3.65. The van der Waals surface area contributed by atoms with Crippen molar-refractivity contribution < 1.29 is 9.53 Å². The number of carbonyl (C=O) groups is 1. The summed E-state index contributed by atoms with van der Waals surface area (Å²) in [6.07, 6.45) is 0.942. The minimum absolute atomic E-state index is 0.133. The molecule has 0 spiro atoms. The van der Waals surface area contributed by atoms with Gasteiger partial charge in [0.1, 0.15) is 0 Å². The summed E-state index contributed by atoms with van der Waals surface area (Å²) in [5, 5.41) is 7.83. The minimum atomic E-state index is -0.262. The van der Waals surface area contributed by atoms with Gasteiger partial charge in [-0.2, -0.15) is 4.52 Å². The average molecular weight is 310 g/mol. The van der Waals surface area contributed by atoms with Crippen LogP contribution in [0.2, 0.25) is 0 Å². The van der Waals surface area contributed by atoms with Crippen molar-refractivity contribution in [3.05, 3.63) is 22.1 Å². The summed E-state index contributed by atoms with van der Waals surface area (Å²) in [6.45, 7) is 5.94. The average Bonchev–Trinajstić information content (AvgIpc) is 2.81. The van der Waals surface area contributed by atoms with Gasteiger partial charge in [0.15, 0.2) is 0 Å². The van der Waals surface area contributed by atoms with Crippen LogP contribution in [0.15, 0.2) is 10.9 Å². The maximum atomic E-state index is 11.9. The van der Waals surface area contributed by atoms with E-state index in [-0.39, 0.29) is 24.0 Å². The number of aromatic nitrogens is 3. The maximum Gasteiger partial charge on any atom is 0.307 e. The van der Waals surface area contributed by atoms with Gasteiger partial charge in [-0.3, -0.25) is 9.59 Å². The number of esters is 1. The van der Waals surface area contributed by atoms with Crippen LogP contribution in [0.5, 0.6) is 0 Å². The van der Waals surface area contributed by atoms with E-state index in [0.717, 1.165) is 5.69 Å². The van der Waals surface area contributed by atoms with Crippen LogP contribution in [0, 0.1) is 0 Å². The third kappa shape index (κ3) is 3.78. The molecule has 21 heavy (non-hydrogen) atoms. The molecule has 2 heterocycles.